The molecular weight excluding hydrogens is 339 g/mol. The third-order valence-electron chi connectivity index (χ3n) is 2.99. The molecule has 1 N–H and O–H groups in total. The number of pyridine rings is 1. The summed E-state index contributed by atoms with van der Waals surface area (Å²) in [5.41, 5.74) is 1.08. The van der Waals surface area contributed by atoms with E-state index in [-0.39, 0.29) is 15.7 Å². The summed E-state index contributed by atoms with van der Waals surface area (Å²) in [6, 6.07) is 10.8. The zero-order chi connectivity index (χ0) is 16.8. The molecule has 1 aromatic heterocycles. The number of benzene rings is 1. The number of halogens is 2. The standard InChI is InChI=1S/C16H14Cl2N2O3/c1-10(15(21)20-8-11-5-3-2-4-6-11)23-16(22)12-7-13(17)14(18)19-9-12/h2-7,9-10H,8H2,1H3,(H,20,21)/t10-/m0/s1. The Morgan fingerprint density at radius 2 is 1.96 bits per heavy atom. The van der Waals surface area contributed by atoms with Gasteiger partial charge in [0.2, 0.25) is 0 Å². The van der Waals surface area contributed by atoms with Crippen molar-refractivity contribution in [3.63, 3.8) is 0 Å². The predicted octanol–water partition coefficient (Wildman–Crippen LogP) is 3.25. The van der Waals surface area contributed by atoms with E-state index in [4.69, 9.17) is 27.9 Å². The molecule has 1 aromatic carbocycles. The summed E-state index contributed by atoms with van der Waals surface area (Å²) in [6.45, 7) is 1.85. The van der Waals surface area contributed by atoms with Gasteiger partial charge in [-0.05, 0) is 18.6 Å². The van der Waals surface area contributed by atoms with E-state index >= 15 is 0 Å². The van der Waals surface area contributed by atoms with Gasteiger partial charge in [0.1, 0.15) is 5.15 Å². The second-order valence-electron chi connectivity index (χ2n) is 4.75. The van der Waals surface area contributed by atoms with Gasteiger partial charge in [-0.25, -0.2) is 9.78 Å². The van der Waals surface area contributed by atoms with Crippen molar-refractivity contribution in [3.8, 4) is 0 Å². The van der Waals surface area contributed by atoms with Crippen molar-refractivity contribution in [2.75, 3.05) is 0 Å². The lowest BCUT2D eigenvalue weighted by Crippen LogP contribution is -2.35. The molecule has 0 saturated heterocycles. The fourth-order valence-corrected chi connectivity index (χ4v) is 2.01. The first-order valence-electron chi connectivity index (χ1n) is 6.81. The second kappa shape index (κ2) is 7.94. The molecule has 0 radical (unpaired) electrons. The molecule has 2 aromatic rings. The van der Waals surface area contributed by atoms with Crippen LogP contribution in [0.4, 0.5) is 0 Å². The molecule has 7 heteroatoms. The smallest absolute Gasteiger partial charge is 0.340 e. The molecule has 5 nitrogen and oxygen atoms in total. The normalized spacial score (nSPS) is 11.6. The number of hydrogen-bond acceptors (Lipinski definition) is 4. The molecule has 2 rings (SSSR count). The van der Waals surface area contributed by atoms with Crippen LogP contribution < -0.4 is 5.32 Å². The maximum atomic E-state index is 12.0. The van der Waals surface area contributed by atoms with Gasteiger partial charge < -0.3 is 10.1 Å². The van der Waals surface area contributed by atoms with Gasteiger partial charge in [0.05, 0.1) is 10.6 Å². The van der Waals surface area contributed by atoms with Crippen molar-refractivity contribution in [3.05, 3.63) is 63.9 Å². The van der Waals surface area contributed by atoms with Gasteiger partial charge >= 0.3 is 5.97 Å². The van der Waals surface area contributed by atoms with Crippen LogP contribution in [0.3, 0.4) is 0 Å². The van der Waals surface area contributed by atoms with E-state index in [1.165, 1.54) is 19.2 Å². The van der Waals surface area contributed by atoms with E-state index in [1.807, 2.05) is 30.3 Å². The first kappa shape index (κ1) is 17.2. The van der Waals surface area contributed by atoms with Gasteiger partial charge in [0.25, 0.3) is 5.91 Å². The number of carbonyl (C=O) groups excluding carboxylic acids is 2. The van der Waals surface area contributed by atoms with Gasteiger partial charge in [-0.2, -0.15) is 0 Å². The van der Waals surface area contributed by atoms with Crippen molar-refractivity contribution in [2.24, 2.45) is 0 Å². The Kier molecular flexibility index (Phi) is 5.96. The highest BCUT2D eigenvalue weighted by Crippen LogP contribution is 2.20. The van der Waals surface area contributed by atoms with Crippen LogP contribution in [0.5, 0.6) is 0 Å². The highest BCUT2D eigenvalue weighted by Gasteiger charge is 2.19. The summed E-state index contributed by atoms with van der Waals surface area (Å²) in [6.07, 6.45) is 0.297. The Bertz CT molecular complexity index is 708. The Labute approximate surface area is 143 Å². The van der Waals surface area contributed by atoms with Crippen LogP contribution in [0, 0.1) is 0 Å². The molecule has 0 aliphatic heterocycles. The molecule has 1 heterocycles. The lowest BCUT2D eigenvalue weighted by Gasteiger charge is -2.13. The summed E-state index contributed by atoms with van der Waals surface area (Å²) in [5.74, 6) is -1.09. The summed E-state index contributed by atoms with van der Waals surface area (Å²) < 4.78 is 5.09. The number of hydrogen-bond donors (Lipinski definition) is 1. The number of rotatable bonds is 5. The van der Waals surface area contributed by atoms with Crippen LogP contribution in [0.2, 0.25) is 10.2 Å². The van der Waals surface area contributed by atoms with Crippen LogP contribution in [0.25, 0.3) is 0 Å². The number of nitrogens with one attached hydrogen (secondary N) is 1. The van der Waals surface area contributed by atoms with Crippen molar-refractivity contribution in [1.82, 2.24) is 10.3 Å². The predicted molar refractivity (Wildman–Crippen MR) is 87.4 cm³/mol. The largest absolute Gasteiger partial charge is 0.449 e. The lowest BCUT2D eigenvalue weighted by molar-refractivity contribution is -0.129. The molecule has 0 aliphatic rings. The molecule has 120 valence electrons. The van der Waals surface area contributed by atoms with Crippen LogP contribution >= 0.6 is 23.2 Å². The van der Waals surface area contributed by atoms with E-state index in [0.29, 0.717) is 6.54 Å². The maximum absolute atomic E-state index is 12.0. The summed E-state index contributed by atoms with van der Waals surface area (Å²) in [4.78, 5) is 27.7. The molecule has 0 fully saturated rings. The molecule has 0 bridgehead atoms. The molecule has 23 heavy (non-hydrogen) atoms. The molecule has 0 saturated carbocycles. The van der Waals surface area contributed by atoms with Crippen molar-refractivity contribution in [2.45, 2.75) is 19.6 Å². The van der Waals surface area contributed by atoms with E-state index in [9.17, 15) is 9.59 Å². The number of nitrogens with zero attached hydrogens (tertiary/aromatic N) is 1. The van der Waals surface area contributed by atoms with Gasteiger partial charge in [-0.1, -0.05) is 53.5 Å². The van der Waals surface area contributed by atoms with Crippen molar-refractivity contribution in [1.29, 1.82) is 0 Å². The molecule has 1 amide bonds. The first-order valence-corrected chi connectivity index (χ1v) is 7.56. The SMILES string of the molecule is C[C@H](OC(=O)c1cnc(Cl)c(Cl)c1)C(=O)NCc1ccccc1. The van der Waals surface area contributed by atoms with E-state index in [1.54, 1.807) is 0 Å². The Balaban J connectivity index is 1.89. The van der Waals surface area contributed by atoms with Gasteiger partial charge in [-0.15, -0.1) is 0 Å². The fourth-order valence-electron chi connectivity index (χ4n) is 1.74. The minimum atomic E-state index is -0.944. The molecular formula is C16H14Cl2N2O3. The number of esters is 1. The topological polar surface area (TPSA) is 68.3 Å². The van der Waals surface area contributed by atoms with Crippen LogP contribution in [-0.2, 0) is 16.1 Å². The zero-order valence-electron chi connectivity index (χ0n) is 12.3. The number of carbonyl (C=O) groups is 2. The third kappa shape index (κ3) is 4.94. The summed E-state index contributed by atoms with van der Waals surface area (Å²) in [5, 5.41) is 2.93. The summed E-state index contributed by atoms with van der Waals surface area (Å²) >= 11 is 11.5. The van der Waals surface area contributed by atoms with Crippen LogP contribution in [0.1, 0.15) is 22.8 Å². The minimum absolute atomic E-state index is 0.0943. The monoisotopic (exact) mass is 352 g/mol. The Morgan fingerprint density at radius 1 is 1.26 bits per heavy atom. The lowest BCUT2D eigenvalue weighted by atomic mass is 10.2. The molecule has 0 aliphatic carbocycles. The third-order valence-corrected chi connectivity index (χ3v) is 3.68. The minimum Gasteiger partial charge on any atom is -0.449 e. The number of amides is 1. The highest BCUT2D eigenvalue weighted by atomic mass is 35.5. The quantitative estimate of drug-likeness (QED) is 0.662. The van der Waals surface area contributed by atoms with E-state index in [0.717, 1.165) is 5.56 Å². The summed E-state index contributed by atoms with van der Waals surface area (Å²) in [7, 11) is 0. The van der Waals surface area contributed by atoms with Gasteiger partial charge in [0.15, 0.2) is 6.10 Å². The van der Waals surface area contributed by atoms with Gasteiger partial charge in [-0.3, -0.25) is 4.79 Å². The van der Waals surface area contributed by atoms with Crippen molar-refractivity contribution >= 4 is 35.1 Å². The molecule has 0 spiro atoms. The van der Waals surface area contributed by atoms with E-state index < -0.39 is 18.0 Å². The number of aromatic nitrogens is 1. The molecule has 0 unspecified atom stereocenters. The van der Waals surface area contributed by atoms with E-state index in [2.05, 4.69) is 10.3 Å². The zero-order valence-corrected chi connectivity index (χ0v) is 13.8. The highest BCUT2D eigenvalue weighted by molar-refractivity contribution is 6.41. The second-order valence-corrected chi connectivity index (χ2v) is 5.51. The first-order chi connectivity index (χ1) is 11.0. The Morgan fingerprint density at radius 3 is 2.61 bits per heavy atom. The van der Waals surface area contributed by atoms with Gasteiger partial charge in [0, 0.05) is 12.7 Å². The number of ether oxygens (including phenoxy) is 1. The Hall–Kier alpha value is -2.11. The fraction of sp³-hybridized carbons (Fsp3) is 0.188. The van der Waals surface area contributed by atoms with Crippen molar-refractivity contribution < 1.29 is 14.3 Å². The van der Waals surface area contributed by atoms with Crippen LogP contribution in [0.15, 0.2) is 42.6 Å². The van der Waals surface area contributed by atoms with Crippen LogP contribution in [-0.4, -0.2) is 23.0 Å². The molecule has 1 atom stereocenters. The average Bonchev–Trinajstić information content (AvgIpc) is 2.55. The maximum Gasteiger partial charge on any atom is 0.340 e. The average molecular weight is 353 g/mol.